The van der Waals surface area contributed by atoms with E-state index in [9.17, 15) is 25.4 Å². The van der Waals surface area contributed by atoms with Gasteiger partial charge in [-0.1, -0.05) is 0 Å². The minimum Gasteiger partial charge on any atom is -0.394 e. The number of anilines is 1. The number of hydrogen-bond donors (Lipinski definition) is 5. The van der Waals surface area contributed by atoms with Crippen LogP contribution in [0.4, 0.5) is 5.82 Å². The molecule has 1 aliphatic heterocycles. The molecule has 0 bridgehead atoms. The fourth-order valence-corrected chi connectivity index (χ4v) is 2.92. The highest BCUT2D eigenvalue weighted by molar-refractivity contribution is 6.02. The number of amides is 1. The third-order valence-corrected chi connectivity index (χ3v) is 4.59. The second-order valence-corrected chi connectivity index (χ2v) is 6.21. The molecule has 5 atom stereocenters. The summed E-state index contributed by atoms with van der Waals surface area (Å²) in [7, 11) is 1.64. The number of carbonyl (C=O) groups is 1. The summed E-state index contributed by atoms with van der Waals surface area (Å²) in [6.07, 6.45) is -2.04. The van der Waals surface area contributed by atoms with Crippen LogP contribution >= 0.6 is 0 Å². The minimum absolute atomic E-state index is 0.147. The Kier molecular flexibility index (Phi) is 5.36. The number of nitriles is 1. The molecule has 2 unspecified atom stereocenters. The van der Waals surface area contributed by atoms with Gasteiger partial charge in [-0.15, -0.1) is 0 Å². The summed E-state index contributed by atoms with van der Waals surface area (Å²) < 4.78 is 6.89. The van der Waals surface area contributed by atoms with Crippen LogP contribution in [-0.2, 0) is 9.53 Å². The largest absolute Gasteiger partial charge is 0.394 e. The summed E-state index contributed by atoms with van der Waals surface area (Å²) in [6, 6.07) is 1.52. The maximum atomic E-state index is 12.2. The average Bonchev–Trinajstić information content (AvgIpc) is 3.19. The van der Waals surface area contributed by atoms with E-state index in [1.165, 1.54) is 17.1 Å². The van der Waals surface area contributed by atoms with Crippen molar-refractivity contribution in [3.63, 3.8) is 0 Å². The number of likely N-dealkylation sites (N-methyl/N-ethyl adjacent to an activating group) is 1. The van der Waals surface area contributed by atoms with Crippen LogP contribution in [0.15, 0.2) is 12.5 Å². The van der Waals surface area contributed by atoms with Crippen molar-refractivity contribution >= 4 is 22.8 Å². The number of nitrogens with one attached hydrogen (secondary N) is 2. The van der Waals surface area contributed by atoms with E-state index in [-0.39, 0.29) is 28.3 Å². The monoisotopic (exact) mass is 376 g/mol. The maximum Gasteiger partial charge on any atom is 0.242 e. The van der Waals surface area contributed by atoms with Crippen molar-refractivity contribution in [2.75, 3.05) is 19.0 Å². The zero-order valence-electron chi connectivity index (χ0n) is 14.7. The Morgan fingerprint density at radius 3 is 2.78 bits per heavy atom. The van der Waals surface area contributed by atoms with Gasteiger partial charge in [0.2, 0.25) is 5.91 Å². The number of nitrogens with zero attached hydrogens (tertiary/aromatic N) is 4. The molecule has 1 amide bonds. The summed E-state index contributed by atoms with van der Waals surface area (Å²) in [5, 5.41) is 44.7. The Labute approximate surface area is 154 Å². The number of aromatic nitrogens is 3. The first kappa shape index (κ1) is 19.2. The Balaban J connectivity index is 2.06. The average molecular weight is 376 g/mol. The molecular formula is C16H20N6O5. The molecule has 3 rings (SSSR count). The van der Waals surface area contributed by atoms with Gasteiger partial charge in [0.25, 0.3) is 0 Å². The Morgan fingerprint density at radius 2 is 2.19 bits per heavy atom. The van der Waals surface area contributed by atoms with E-state index in [1.807, 2.05) is 6.07 Å². The molecular weight excluding hydrogens is 356 g/mol. The van der Waals surface area contributed by atoms with Crippen LogP contribution in [0.2, 0.25) is 0 Å². The molecule has 2 aromatic rings. The summed E-state index contributed by atoms with van der Waals surface area (Å²) >= 11 is 0. The molecule has 3 heterocycles. The van der Waals surface area contributed by atoms with Gasteiger partial charge in [0.05, 0.1) is 23.6 Å². The highest BCUT2D eigenvalue weighted by Gasteiger charge is 2.44. The summed E-state index contributed by atoms with van der Waals surface area (Å²) in [6.45, 7) is 1.19. The molecule has 0 spiro atoms. The van der Waals surface area contributed by atoms with E-state index in [0.29, 0.717) is 0 Å². The van der Waals surface area contributed by atoms with Crippen molar-refractivity contribution in [3.05, 3.63) is 18.1 Å². The Morgan fingerprint density at radius 1 is 1.44 bits per heavy atom. The lowest BCUT2D eigenvalue weighted by Crippen LogP contribution is -2.35. The van der Waals surface area contributed by atoms with Crippen LogP contribution in [-0.4, -0.2) is 73.8 Å². The van der Waals surface area contributed by atoms with Crippen LogP contribution < -0.4 is 10.6 Å². The normalized spacial score (nSPS) is 26.1. The summed E-state index contributed by atoms with van der Waals surface area (Å²) in [5.41, 5.74) is 0.402. The van der Waals surface area contributed by atoms with E-state index >= 15 is 0 Å². The predicted molar refractivity (Wildman–Crippen MR) is 92.4 cm³/mol. The lowest BCUT2D eigenvalue weighted by Gasteiger charge is -2.17. The number of hydrogen-bond acceptors (Lipinski definition) is 9. The molecule has 0 aromatic carbocycles. The van der Waals surface area contributed by atoms with Gasteiger partial charge in [-0.05, 0) is 14.0 Å². The molecule has 144 valence electrons. The van der Waals surface area contributed by atoms with Crippen molar-refractivity contribution in [1.29, 1.82) is 5.26 Å². The summed E-state index contributed by atoms with van der Waals surface area (Å²) in [4.78, 5) is 20.4. The number of aliphatic hydroxyl groups is 3. The van der Waals surface area contributed by atoms with E-state index in [0.717, 1.165) is 0 Å². The topological polar surface area (TPSA) is 166 Å². The van der Waals surface area contributed by atoms with Crippen LogP contribution in [0, 0.1) is 11.3 Å². The molecule has 5 N–H and O–H groups in total. The van der Waals surface area contributed by atoms with Gasteiger partial charge in [0.15, 0.2) is 6.23 Å². The van der Waals surface area contributed by atoms with Gasteiger partial charge in [0, 0.05) is 6.20 Å². The second kappa shape index (κ2) is 7.55. The van der Waals surface area contributed by atoms with E-state index < -0.39 is 37.2 Å². The molecule has 11 heteroatoms. The first-order valence-electron chi connectivity index (χ1n) is 8.29. The highest BCUT2D eigenvalue weighted by Crippen LogP contribution is 2.34. The van der Waals surface area contributed by atoms with Gasteiger partial charge in [-0.2, -0.15) is 5.26 Å². The first-order valence-corrected chi connectivity index (χ1v) is 8.29. The Bertz CT molecular complexity index is 893. The fourth-order valence-electron chi connectivity index (χ4n) is 2.92. The third kappa shape index (κ3) is 3.25. The summed E-state index contributed by atoms with van der Waals surface area (Å²) in [5.74, 6) is -0.198. The van der Waals surface area contributed by atoms with Crippen LogP contribution in [0.3, 0.4) is 0 Å². The molecule has 2 aromatic heterocycles. The molecule has 27 heavy (non-hydrogen) atoms. The number of rotatable bonds is 5. The molecule has 1 aliphatic rings. The third-order valence-electron chi connectivity index (χ3n) is 4.59. The van der Waals surface area contributed by atoms with E-state index in [4.69, 9.17) is 4.74 Å². The number of fused-ring (bicyclic) bond motifs is 1. The molecule has 1 fully saturated rings. The van der Waals surface area contributed by atoms with Crippen LogP contribution in [0.25, 0.3) is 11.0 Å². The zero-order chi connectivity index (χ0) is 19.7. The zero-order valence-corrected chi connectivity index (χ0v) is 14.7. The predicted octanol–water partition coefficient (Wildman–Crippen LogP) is -1.54. The van der Waals surface area contributed by atoms with E-state index in [2.05, 4.69) is 20.6 Å². The van der Waals surface area contributed by atoms with Gasteiger partial charge < -0.3 is 35.3 Å². The smallest absolute Gasteiger partial charge is 0.242 e. The highest BCUT2D eigenvalue weighted by atomic mass is 16.6. The SMILES string of the molecule is CNC(C)C(=O)Nc1ncnc2c1c(C#N)cn2[C@@H]1O[C@H](CO)C(O)[C@@H]1O. The van der Waals surface area contributed by atoms with Gasteiger partial charge in [-0.3, -0.25) is 4.79 Å². The van der Waals surface area contributed by atoms with Crippen molar-refractivity contribution in [2.24, 2.45) is 0 Å². The molecule has 0 saturated carbocycles. The number of carbonyl (C=O) groups excluding carboxylic acids is 1. The molecule has 11 nitrogen and oxygen atoms in total. The lowest BCUT2D eigenvalue weighted by atomic mass is 10.1. The number of aliphatic hydroxyl groups excluding tert-OH is 3. The second-order valence-electron chi connectivity index (χ2n) is 6.21. The van der Waals surface area contributed by atoms with Crippen LogP contribution in [0.1, 0.15) is 18.7 Å². The lowest BCUT2D eigenvalue weighted by molar-refractivity contribution is -0.117. The first-order chi connectivity index (χ1) is 12.9. The van der Waals surface area contributed by atoms with Crippen molar-refractivity contribution in [1.82, 2.24) is 19.9 Å². The Hall–Kier alpha value is -2.62. The minimum atomic E-state index is -1.33. The maximum absolute atomic E-state index is 12.2. The van der Waals surface area contributed by atoms with Crippen molar-refractivity contribution < 1.29 is 24.9 Å². The van der Waals surface area contributed by atoms with E-state index in [1.54, 1.807) is 14.0 Å². The van der Waals surface area contributed by atoms with Crippen molar-refractivity contribution in [2.45, 2.75) is 37.5 Å². The quantitative estimate of drug-likeness (QED) is 0.416. The van der Waals surface area contributed by atoms with Crippen LogP contribution in [0.5, 0.6) is 0 Å². The molecule has 1 saturated heterocycles. The molecule has 0 radical (unpaired) electrons. The van der Waals surface area contributed by atoms with Gasteiger partial charge in [0.1, 0.15) is 42.2 Å². The fraction of sp³-hybridized carbons (Fsp3) is 0.500. The van der Waals surface area contributed by atoms with Gasteiger partial charge >= 0.3 is 0 Å². The van der Waals surface area contributed by atoms with Gasteiger partial charge in [-0.25, -0.2) is 9.97 Å². The molecule has 0 aliphatic carbocycles. The van der Waals surface area contributed by atoms with Crippen molar-refractivity contribution in [3.8, 4) is 6.07 Å². The number of ether oxygens (including phenoxy) is 1. The standard InChI is InChI=1S/C16H20N6O5/c1-7(18-2)15(26)21-13-10-8(3-17)4-22(14(10)20-6-19-13)16-12(25)11(24)9(5-23)27-16/h4,6-7,9,11-12,16,18,23-25H,5H2,1-2H3,(H,19,20,21,26)/t7?,9-,11?,12+,16-/m1/s1.